The summed E-state index contributed by atoms with van der Waals surface area (Å²) in [4.78, 5) is 34.2. The van der Waals surface area contributed by atoms with Gasteiger partial charge in [-0.3, -0.25) is 14.4 Å². The van der Waals surface area contributed by atoms with E-state index in [1.165, 1.54) is 12.3 Å². The van der Waals surface area contributed by atoms with Crippen LogP contribution in [0.3, 0.4) is 0 Å². The molecule has 1 aromatic rings. The van der Waals surface area contributed by atoms with Crippen LogP contribution in [0.15, 0.2) is 17.1 Å². The third-order valence-corrected chi connectivity index (χ3v) is 1.75. The van der Waals surface area contributed by atoms with Gasteiger partial charge in [-0.05, 0) is 26.8 Å². The number of nitrogens with one attached hydrogen (secondary N) is 1. The van der Waals surface area contributed by atoms with Gasteiger partial charge in [0, 0.05) is 6.20 Å². The summed E-state index contributed by atoms with van der Waals surface area (Å²) in [7, 11) is 0. The Morgan fingerprint density at radius 3 is 2.59 bits per heavy atom. The van der Waals surface area contributed by atoms with Crippen molar-refractivity contribution in [1.29, 1.82) is 0 Å². The Labute approximate surface area is 98.0 Å². The van der Waals surface area contributed by atoms with E-state index in [1.54, 1.807) is 20.8 Å². The minimum Gasteiger partial charge on any atom is -0.460 e. The Kier molecular flexibility index (Phi) is 3.77. The van der Waals surface area contributed by atoms with Crippen LogP contribution in [0, 0.1) is 0 Å². The van der Waals surface area contributed by atoms with Gasteiger partial charge in [0.15, 0.2) is 5.78 Å². The van der Waals surface area contributed by atoms with E-state index in [2.05, 4.69) is 10.2 Å². The van der Waals surface area contributed by atoms with Gasteiger partial charge in [0.25, 0.3) is 5.56 Å². The molecular formula is C11H14N2O4. The predicted octanol–water partition coefficient (Wildman–Crippen LogP) is 0.684. The molecule has 0 aliphatic carbocycles. The van der Waals surface area contributed by atoms with Gasteiger partial charge < -0.3 is 4.74 Å². The molecular weight excluding hydrogens is 224 g/mol. The number of ether oxygens (including phenoxy) is 1. The van der Waals surface area contributed by atoms with Crippen molar-refractivity contribution in [1.82, 2.24) is 10.2 Å². The summed E-state index contributed by atoms with van der Waals surface area (Å²) in [6, 6.07) is 1.27. The maximum atomic E-state index is 11.6. The van der Waals surface area contributed by atoms with Crippen LogP contribution in [-0.2, 0) is 9.53 Å². The average molecular weight is 238 g/mol. The van der Waals surface area contributed by atoms with Crippen molar-refractivity contribution in [2.75, 3.05) is 0 Å². The second-order valence-corrected chi connectivity index (χ2v) is 4.49. The standard InChI is InChI=1S/C11H14N2O4/c1-11(2,3)17-9(15)6-8(14)7-4-5-12-13-10(7)16/h4-5H,6H2,1-3H3,(H,13,16). The topological polar surface area (TPSA) is 89.1 Å². The van der Waals surface area contributed by atoms with Crippen molar-refractivity contribution in [2.45, 2.75) is 32.8 Å². The first-order valence-electron chi connectivity index (χ1n) is 5.08. The molecule has 1 heterocycles. The van der Waals surface area contributed by atoms with E-state index in [9.17, 15) is 14.4 Å². The van der Waals surface area contributed by atoms with Crippen LogP contribution in [0.25, 0.3) is 0 Å². The van der Waals surface area contributed by atoms with Crippen molar-refractivity contribution in [2.24, 2.45) is 0 Å². The van der Waals surface area contributed by atoms with Crippen LogP contribution in [0.5, 0.6) is 0 Å². The van der Waals surface area contributed by atoms with Gasteiger partial charge in [0.1, 0.15) is 12.0 Å². The smallest absolute Gasteiger partial charge is 0.314 e. The summed E-state index contributed by atoms with van der Waals surface area (Å²) >= 11 is 0. The van der Waals surface area contributed by atoms with Crippen LogP contribution in [0.4, 0.5) is 0 Å². The highest BCUT2D eigenvalue weighted by Gasteiger charge is 2.20. The number of rotatable bonds is 3. The lowest BCUT2D eigenvalue weighted by molar-refractivity contribution is -0.153. The summed E-state index contributed by atoms with van der Waals surface area (Å²) in [6.45, 7) is 5.11. The van der Waals surface area contributed by atoms with Gasteiger partial charge in [0.05, 0.1) is 5.56 Å². The fraction of sp³-hybridized carbons (Fsp3) is 0.455. The van der Waals surface area contributed by atoms with Gasteiger partial charge in [0.2, 0.25) is 0 Å². The zero-order chi connectivity index (χ0) is 13.1. The second kappa shape index (κ2) is 4.90. The molecule has 17 heavy (non-hydrogen) atoms. The Morgan fingerprint density at radius 2 is 2.06 bits per heavy atom. The number of aromatic amines is 1. The maximum Gasteiger partial charge on any atom is 0.314 e. The van der Waals surface area contributed by atoms with Gasteiger partial charge in [-0.25, -0.2) is 5.10 Å². The number of ketones is 1. The van der Waals surface area contributed by atoms with Crippen LogP contribution in [-0.4, -0.2) is 27.6 Å². The molecule has 0 bridgehead atoms. The summed E-state index contributed by atoms with van der Waals surface area (Å²) < 4.78 is 4.98. The van der Waals surface area contributed by atoms with Crippen molar-refractivity contribution >= 4 is 11.8 Å². The third kappa shape index (κ3) is 4.18. The maximum absolute atomic E-state index is 11.6. The van der Waals surface area contributed by atoms with E-state index < -0.39 is 29.3 Å². The number of carbonyl (C=O) groups excluding carboxylic acids is 2. The first-order chi connectivity index (χ1) is 7.79. The molecule has 0 radical (unpaired) electrons. The Bertz CT molecular complexity index is 485. The Hall–Kier alpha value is -1.98. The van der Waals surface area contributed by atoms with Gasteiger partial charge in [-0.15, -0.1) is 0 Å². The second-order valence-electron chi connectivity index (χ2n) is 4.49. The zero-order valence-electron chi connectivity index (χ0n) is 9.94. The van der Waals surface area contributed by atoms with E-state index >= 15 is 0 Å². The minimum absolute atomic E-state index is 0.0918. The molecule has 0 spiro atoms. The molecule has 0 unspecified atom stereocenters. The number of carbonyl (C=O) groups is 2. The minimum atomic E-state index is -0.654. The summed E-state index contributed by atoms with van der Waals surface area (Å²) in [5.74, 6) is -1.23. The lowest BCUT2D eigenvalue weighted by Gasteiger charge is -2.18. The summed E-state index contributed by atoms with van der Waals surface area (Å²) in [5.41, 5.74) is -1.35. The molecule has 1 rings (SSSR count). The average Bonchev–Trinajstić information content (AvgIpc) is 2.14. The third-order valence-electron chi connectivity index (χ3n) is 1.75. The quantitative estimate of drug-likeness (QED) is 0.475. The van der Waals surface area contributed by atoms with Crippen molar-refractivity contribution in [3.05, 3.63) is 28.2 Å². The zero-order valence-corrected chi connectivity index (χ0v) is 9.94. The molecule has 1 aromatic heterocycles. The van der Waals surface area contributed by atoms with Gasteiger partial charge in [-0.2, -0.15) is 5.10 Å². The molecule has 0 fully saturated rings. The Morgan fingerprint density at radius 1 is 1.41 bits per heavy atom. The van der Waals surface area contributed by atoms with E-state index in [4.69, 9.17) is 4.74 Å². The van der Waals surface area contributed by atoms with Crippen LogP contribution >= 0.6 is 0 Å². The largest absolute Gasteiger partial charge is 0.460 e. The molecule has 6 heteroatoms. The molecule has 0 aliphatic heterocycles. The van der Waals surface area contributed by atoms with Crippen LogP contribution in [0.1, 0.15) is 37.6 Å². The lowest BCUT2D eigenvalue weighted by atomic mass is 10.1. The molecule has 0 aliphatic rings. The first-order valence-corrected chi connectivity index (χ1v) is 5.08. The van der Waals surface area contributed by atoms with Crippen molar-refractivity contribution < 1.29 is 14.3 Å². The normalized spacial score (nSPS) is 11.0. The fourth-order valence-electron chi connectivity index (χ4n) is 1.17. The number of esters is 1. The number of hydrogen-bond donors (Lipinski definition) is 1. The lowest BCUT2D eigenvalue weighted by Crippen LogP contribution is -2.27. The summed E-state index contributed by atoms with van der Waals surface area (Å²) in [5, 5.41) is 5.58. The SMILES string of the molecule is CC(C)(C)OC(=O)CC(=O)c1ccn[nH]c1=O. The molecule has 1 N–H and O–H groups in total. The van der Waals surface area contributed by atoms with E-state index in [0.29, 0.717) is 0 Å². The highest BCUT2D eigenvalue weighted by molar-refractivity contribution is 6.05. The van der Waals surface area contributed by atoms with Crippen LogP contribution in [0.2, 0.25) is 0 Å². The molecule has 0 atom stereocenters. The number of nitrogens with zero attached hydrogens (tertiary/aromatic N) is 1. The van der Waals surface area contributed by atoms with Crippen LogP contribution < -0.4 is 5.56 Å². The fourth-order valence-corrected chi connectivity index (χ4v) is 1.17. The van der Waals surface area contributed by atoms with Gasteiger partial charge in [-0.1, -0.05) is 0 Å². The number of hydrogen-bond acceptors (Lipinski definition) is 5. The van der Waals surface area contributed by atoms with E-state index in [-0.39, 0.29) is 5.56 Å². The number of H-pyrrole nitrogens is 1. The monoisotopic (exact) mass is 238 g/mol. The Balaban J connectivity index is 2.71. The first kappa shape index (κ1) is 13.1. The highest BCUT2D eigenvalue weighted by Crippen LogP contribution is 2.09. The molecule has 0 aromatic carbocycles. The van der Waals surface area contributed by atoms with Crippen molar-refractivity contribution in [3.63, 3.8) is 0 Å². The van der Waals surface area contributed by atoms with E-state index in [1.807, 2.05) is 0 Å². The summed E-state index contributed by atoms with van der Waals surface area (Å²) in [6.07, 6.45) is 0.827. The molecule has 0 amide bonds. The molecule has 0 saturated carbocycles. The molecule has 92 valence electrons. The number of aromatic nitrogens is 2. The molecule has 6 nitrogen and oxygen atoms in total. The van der Waals surface area contributed by atoms with Crippen molar-refractivity contribution in [3.8, 4) is 0 Å². The predicted molar refractivity (Wildman–Crippen MR) is 59.7 cm³/mol. The number of Topliss-reactive ketones (excluding diaryl/α,β-unsaturated/α-hetero) is 1. The van der Waals surface area contributed by atoms with E-state index in [0.717, 1.165) is 0 Å². The highest BCUT2D eigenvalue weighted by atomic mass is 16.6. The molecule has 0 saturated heterocycles. The van der Waals surface area contributed by atoms with Gasteiger partial charge >= 0.3 is 5.97 Å².